The van der Waals surface area contributed by atoms with Crippen LogP contribution in [0.3, 0.4) is 0 Å². The highest BCUT2D eigenvalue weighted by Gasteiger charge is 2.40. The maximum absolute atomic E-state index is 14.1. The number of halogens is 2. The van der Waals surface area contributed by atoms with Gasteiger partial charge in [-0.3, -0.25) is 4.79 Å². The predicted molar refractivity (Wildman–Crippen MR) is 97.6 cm³/mol. The molecule has 140 valence electrons. The molecule has 2 heterocycles. The molecule has 0 unspecified atom stereocenters. The van der Waals surface area contributed by atoms with Crippen LogP contribution in [0, 0.1) is 5.82 Å². The minimum Gasteiger partial charge on any atom is -0.422 e. The third-order valence-electron chi connectivity index (χ3n) is 3.64. The third-order valence-corrected chi connectivity index (χ3v) is 4.79. The summed E-state index contributed by atoms with van der Waals surface area (Å²) in [7, 11) is 1.31. The lowest BCUT2D eigenvalue weighted by Crippen LogP contribution is -2.38. The molecular formula is C17H12ClFN2O5S. The van der Waals surface area contributed by atoms with Gasteiger partial charge in [-0.25, -0.2) is 18.9 Å². The monoisotopic (exact) mass is 410 g/mol. The Labute approximate surface area is 161 Å². The van der Waals surface area contributed by atoms with Crippen molar-refractivity contribution in [2.75, 3.05) is 18.6 Å². The number of urea groups is 1. The zero-order valence-corrected chi connectivity index (χ0v) is 15.4. The molecule has 0 atom stereocenters. The fourth-order valence-electron chi connectivity index (χ4n) is 2.59. The lowest BCUT2D eigenvalue weighted by atomic mass is 10.0. The minimum atomic E-state index is -1.08. The first kappa shape index (κ1) is 19.0. The van der Waals surface area contributed by atoms with Crippen molar-refractivity contribution in [3.05, 3.63) is 50.9 Å². The fourth-order valence-corrected chi connectivity index (χ4v) is 3.46. The van der Waals surface area contributed by atoms with E-state index in [0.29, 0.717) is 9.78 Å². The molecule has 27 heavy (non-hydrogen) atoms. The molecule has 0 fully saturated rings. The Morgan fingerprint density at radius 1 is 1.37 bits per heavy atom. The number of methoxy groups -OCH3 is 1. The number of carbonyl (C=O) groups is 3. The van der Waals surface area contributed by atoms with Crippen molar-refractivity contribution in [3.8, 4) is 0 Å². The van der Waals surface area contributed by atoms with E-state index in [0.717, 1.165) is 12.1 Å². The minimum absolute atomic E-state index is 0.00532. The highest BCUT2D eigenvalue weighted by molar-refractivity contribution is 7.11. The van der Waals surface area contributed by atoms with Gasteiger partial charge in [-0.05, 0) is 23.6 Å². The van der Waals surface area contributed by atoms with Crippen molar-refractivity contribution in [2.45, 2.75) is 0 Å². The van der Waals surface area contributed by atoms with Crippen molar-refractivity contribution in [3.63, 3.8) is 0 Å². The molecule has 3 rings (SSSR count). The van der Waals surface area contributed by atoms with Crippen molar-refractivity contribution in [1.82, 2.24) is 0 Å². The van der Waals surface area contributed by atoms with E-state index in [1.807, 2.05) is 0 Å². The molecule has 0 saturated carbocycles. The average molecular weight is 411 g/mol. The molecule has 0 aliphatic carbocycles. The van der Waals surface area contributed by atoms with Gasteiger partial charge in [-0.2, -0.15) is 0 Å². The largest absolute Gasteiger partial charge is 0.422 e. The second-order valence-corrected chi connectivity index (χ2v) is 6.71. The number of esters is 1. The predicted octanol–water partition coefficient (Wildman–Crippen LogP) is 3.02. The van der Waals surface area contributed by atoms with Crippen LogP contribution in [0.15, 0.2) is 29.6 Å². The molecule has 0 spiro atoms. The Morgan fingerprint density at radius 3 is 2.70 bits per heavy atom. The summed E-state index contributed by atoms with van der Waals surface area (Å²) in [4.78, 5) is 37.7. The Hall–Kier alpha value is -2.75. The Bertz CT molecular complexity index is 974. The van der Waals surface area contributed by atoms with Gasteiger partial charge in [0.15, 0.2) is 5.76 Å². The quantitative estimate of drug-likeness (QED) is 0.474. The summed E-state index contributed by atoms with van der Waals surface area (Å²) in [6.07, 6.45) is 0. The van der Waals surface area contributed by atoms with Crippen molar-refractivity contribution >= 4 is 57.9 Å². The first-order valence-corrected chi connectivity index (χ1v) is 8.72. The fraction of sp³-hybridized carbons (Fsp3) is 0.118. The van der Waals surface area contributed by atoms with E-state index in [4.69, 9.17) is 26.8 Å². The number of primary amides is 1. The normalized spacial score (nSPS) is 14.9. The molecule has 2 N–H and O–H groups in total. The SMILES string of the molecule is COCC(=O)O/C(=C1\C(=O)N(C(N)=O)c2cc(Cl)c(F)cc21)c1cccs1. The molecule has 0 radical (unpaired) electrons. The van der Waals surface area contributed by atoms with E-state index in [-0.39, 0.29) is 34.2 Å². The van der Waals surface area contributed by atoms with Gasteiger partial charge in [0.1, 0.15) is 12.4 Å². The summed E-state index contributed by atoms with van der Waals surface area (Å²) in [5, 5.41) is 1.41. The maximum atomic E-state index is 14.1. The summed E-state index contributed by atoms with van der Waals surface area (Å²) >= 11 is 6.97. The lowest BCUT2D eigenvalue weighted by molar-refractivity contribution is -0.140. The zero-order valence-electron chi connectivity index (χ0n) is 13.8. The van der Waals surface area contributed by atoms with E-state index in [1.54, 1.807) is 17.5 Å². The number of rotatable bonds is 4. The Balaban J connectivity index is 2.28. The van der Waals surface area contributed by atoms with Gasteiger partial charge in [0.25, 0.3) is 5.91 Å². The van der Waals surface area contributed by atoms with E-state index < -0.39 is 23.7 Å². The smallest absolute Gasteiger partial charge is 0.337 e. The lowest BCUT2D eigenvalue weighted by Gasteiger charge is -2.12. The third kappa shape index (κ3) is 3.44. The number of hydrogen-bond acceptors (Lipinski definition) is 6. The summed E-state index contributed by atoms with van der Waals surface area (Å²) < 4.78 is 24.1. The van der Waals surface area contributed by atoms with Crippen LogP contribution in [0.5, 0.6) is 0 Å². The number of benzene rings is 1. The van der Waals surface area contributed by atoms with Crippen LogP contribution in [0.4, 0.5) is 14.9 Å². The topological polar surface area (TPSA) is 98.9 Å². The molecule has 1 aliphatic rings. The number of thiophene rings is 1. The molecule has 10 heteroatoms. The number of carbonyl (C=O) groups excluding carboxylic acids is 3. The number of anilines is 1. The standard InChI is InChI=1S/C17H12ClFN2O5S/c1-25-7-13(22)26-15(12-3-2-4-27-12)14-8-5-10(19)9(18)6-11(8)21(16(14)23)17(20)24/h2-6H,7H2,1H3,(H2,20,24)/b15-14-. The second kappa shape index (κ2) is 7.47. The number of amides is 3. The zero-order chi connectivity index (χ0) is 19.7. The van der Waals surface area contributed by atoms with Crippen LogP contribution in [0.25, 0.3) is 11.3 Å². The summed E-state index contributed by atoms with van der Waals surface area (Å²) in [5.74, 6) is -2.55. The first-order valence-electron chi connectivity index (χ1n) is 7.46. The number of fused-ring (bicyclic) bond motifs is 1. The van der Waals surface area contributed by atoms with Gasteiger partial charge in [-0.1, -0.05) is 17.7 Å². The van der Waals surface area contributed by atoms with Crippen LogP contribution in [-0.2, 0) is 19.1 Å². The highest BCUT2D eigenvalue weighted by atomic mass is 35.5. The van der Waals surface area contributed by atoms with Gasteiger partial charge in [0, 0.05) is 12.7 Å². The average Bonchev–Trinajstić information content (AvgIpc) is 3.20. The van der Waals surface area contributed by atoms with Gasteiger partial charge in [0.2, 0.25) is 0 Å². The molecule has 0 bridgehead atoms. The van der Waals surface area contributed by atoms with Gasteiger partial charge < -0.3 is 15.2 Å². The molecule has 1 aliphatic heterocycles. The number of nitrogens with two attached hydrogens (primary N) is 1. The van der Waals surface area contributed by atoms with Crippen molar-refractivity contribution < 1.29 is 28.2 Å². The number of hydrogen-bond donors (Lipinski definition) is 1. The summed E-state index contributed by atoms with van der Waals surface area (Å²) in [5.41, 5.74) is 5.17. The van der Waals surface area contributed by atoms with Crippen molar-refractivity contribution in [2.24, 2.45) is 5.73 Å². The van der Waals surface area contributed by atoms with E-state index in [9.17, 15) is 18.8 Å². The molecule has 0 saturated heterocycles. The van der Waals surface area contributed by atoms with E-state index >= 15 is 0 Å². The van der Waals surface area contributed by atoms with Crippen LogP contribution in [0.2, 0.25) is 5.02 Å². The molecule has 1 aromatic heterocycles. The molecule has 3 amide bonds. The van der Waals surface area contributed by atoms with Crippen LogP contribution < -0.4 is 10.6 Å². The van der Waals surface area contributed by atoms with Crippen LogP contribution in [0.1, 0.15) is 10.4 Å². The molecule has 2 aromatic rings. The Morgan fingerprint density at radius 2 is 2.11 bits per heavy atom. The molecule has 1 aromatic carbocycles. The Kier molecular flexibility index (Phi) is 5.26. The molecular weight excluding hydrogens is 399 g/mol. The number of imide groups is 1. The van der Waals surface area contributed by atoms with Gasteiger partial charge in [0.05, 0.1) is 21.2 Å². The number of nitrogens with zero attached hydrogens (tertiary/aromatic N) is 1. The maximum Gasteiger partial charge on any atom is 0.337 e. The van der Waals surface area contributed by atoms with E-state index in [1.165, 1.54) is 18.4 Å². The first-order chi connectivity index (χ1) is 12.8. The van der Waals surface area contributed by atoms with Gasteiger partial charge >= 0.3 is 12.0 Å². The summed E-state index contributed by atoms with van der Waals surface area (Å²) in [6, 6.07) is 4.32. The molecule has 7 nitrogen and oxygen atoms in total. The van der Waals surface area contributed by atoms with E-state index in [2.05, 4.69) is 0 Å². The number of ether oxygens (including phenoxy) is 2. The van der Waals surface area contributed by atoms with Crippen molar-refractivity contribution in [1.29, 1.82) is 0 Å². The van der Waals surface area contributed by atoms with Crippen LogP contribution in [-0.4, -0.2) is 31.6 Å². The summed E-state index contributed by atoms with van der Waals surface area (Å²) in [6.45, 7) is -0.363. The second-order valence-electron chi connectivity index (χ2n) is 5.35. The van der Waals surface area contributed by atoms with Gasteiger partial charge in [-0.15, -0.1) is 11.3 Å². The highest BCUT2D eigenvalue weighted by Crippen LogP contribution is 2.43. The van der Waals surface area contributed by atoms with Crippen LogP contribution >= 0.6 is 22.9 Å².